The van der Waals surface area contributed by atoms with Crippen LogP contribution >= 0.6 is 12.4 Å². The van der Waals surface area contributed by atoms with E-state index in [0.29, 0.717) is 12.2 Å². The molecule has 0 unspecified atom stereocenters. The van der Waals surface area contributed by atoms with Gasteiger partial charge in [0.25, 0.3) is 15.9 Å². The lowest BCUT2D eigenvalue weighted by Gasteiger charge is -2.26. The van der Waals surface area contributed by atoms with Crippen molar-refractivity contribution < 1.29 is 13.2 Å². The van der Waals surface area contributed by atoms with Gasteiger partial charge in [0.05, 0.1) is 10.6 Å². The van der Waals surface area contributed by atoms with Gasteiger partial charge in [0.2, 0.25) is 0 Å². The Kier molecular flexibility index (Phi) is 8.48. The maximum atomic E-state index is 12.9. The Hall–Kier alpha value is -2.09. The number of nitrogens with two attached hydrogens (primary N) is 1. The van der Waals surface area contributed by atoms with Crippen LogP contribution in [0.15, 0.2) is 59.5 Å². The van der Waals surface area contributed by atoms with Gasteiger partial charge in [-0.15, -0.1) is 12.4 Å². The van der Waals surface area contributed by atoms with Crippen molar-refractivity contribution in [3.8, 4) is 0 Å². The zero-order valence-electron chi connectivity index (χ0n) is 16.4. The molecule has 0 aliphatic carbocycles. The molecular formula is C20H28ClN3O3S. The predicted octanol–water partition coefficient (Wildman–Crippen LogP) is 3.18. The highest BCUT2D eigenvalue weighted by Crippen LogP contribution is 2.22. The second kappa shape index (κ2) is 9.91. The molecule has 0 spiro atoms. The minimum absolute atomic E-state index is 0. The third-order valence-electron chi connectivity index (χ3n) is 4.88. The van der Waals surface area contributed by atoms with E-state index in [1.54, 1.807) is 36.4 Å². The van der Waals surface area contributed by atoms with Crippen LogP contribution in [-0.2, 0) is 10.0 Å². The zero-order chi connectivity index (χ0) is 20.1. The van der Waals surface area contributed by atoms with Crippen molar-refractivity contribution in [2.75, 3.05) is 17.9 Å². The molecule has 8 heteroatoms. The van der Waals surface area contributed by atoms with E-state index in [4.69, 9.17) is 5.73 Å². The maximum absolute atomic E-state index is 12.9. The number of carbonyl (C=O) groups excluding carboxylic acids is 1. The first-order valence-electron chi connectivity index (χ1n) is 8.94. The fraction of sp³-hybridized carbons (Fsp3) is 0.350. The number of nitrogens with zero attached hydrogens (tertiary/aromatic N) is 1. The second-order valence-corrected chi connectivity index (χ2v) is 8.56. The van der Waals surface area contributed by atoms with E-state index in [9.17, 15) is 13.2 Å². The summed E-state index contributed by atoms with van der Waals surface area (Å²) in [4.78, 5) is 12.5. The van der Waals surface area contributed by atoms with E-state index < -0.39 is 15.6 Å². The Balaban J connectivity index is 0.00000392. The summed E-state index contributed by atoms with van der Waals surface area (Å²) in [5.74, 6) is -0.342. The number of sulfonamides is 1. The Morgan fingerprint density at radius 2 is 1.68 bits per heavy atom. The van der Waals surface area contributed by atoms with Crippen LogP contribution in [0.2, 0.25) is 0 Å². The lowest BCUT2D eigenvalue weighted by atomic mass is 9.94. The predicted molar refractivity (Wildman–Crippen MR) is 116 cm³/mol. The van der Waals surface area contributed by atoms with Gasteiger partial charge < -0.3 is 11.1 Å². The molecule has 154 valence electrons. The molecule has 3 N–H and O–H groups in total. The van der Waals surface area contributed by atoms with Gasteiger partial charge >= 0.3 is 0 Å². The highest BCUT2D eigenvalue weighted by atomic mass is 35.5. The number of nitrogens with one attached hydrogen (secondary N) is 1. The molecular weight excluding hydrogens is 398 g/mol. The molecule has 0 bridgehead atoms. The minimum atomic E-state index is -3.77. The summed E-state index contributed by atoms with van der Waals surface area (Å²) in [5, 5.41) is 2.81. The van der Waals surface area contributed by atoms with Crippen molar-refractivity contribution in [3.05, 3.63) is 60.2 Å². The van der Waals surface area contributed by atoms with E-state index in [0.717, 1.165) is 12.8 Å². The van der Waals surface area contributed by atoms with Gasteiger partial charge in [-0.1, -0.05) is 38.1 Å². The van der Waals surface area contributed by atoms with Crippen molar-refractivity contribution in [2.24, 2.45) is 5.73 Å². The molecule has 0 saturated carbocycles. The molecule has 2 aromatic rings. The van der Waals surface area contributed by atoms with Crippen LogP contribution in [-0.4, -0.2) is 33.5 Å². The number of benzene rings is 2. The molecule has 0 aliphatic rings. The first kappa shape index (κ1) is 23.9. The van der Waals surface area contributed by atoms with Gasteiger partial charge in [0, 0.05) is 24.7 Å². The van der Waals surface area contributed by atoms with E-state index in [1.807, 2.05) is 19.9 Å². The Morgan fingerprint density at radius 3 is 2.25 bits per heavy atom. The topological polar surface area (TPSA) is 92.5 Å². The number of anilines is 1. The van der Waals surface area contributed by atoms with Crippen LogP contribution in [0, 0.1) is 0 Å². The molecule has 1 amide bonds. The molecule has 0 radical (unpaired) electrons. The molecule has 2 aromatic carbocycles. The minimum Gasteiger partial charge on any atom is -0.350 e. The number of carbonyl (C=O) groups is 1. The maximum Gasteiger partial charge on any atom is 0.264 e. The monoisotopic (exact) mass is 425 g/mol. The molecule has 0 atom stereocenters. The summed E-state index contributed by atoms with van der Waals surface area (Å²) in [7, 11) is -2.28. The van der Waals surface area contributed by atoms with Gasteiger partial charge in [-0.25, -0.2) is 8.42 Å². The molecule has 0 aliphatic heterocycles. The third-order valence-corrected chi connectivity index (χ3v) is 6.67. The van der Waals surface area contributed by atoms with E-state index in [1.165, 1.54) is 23.5 Å². The van der Waals surface area contributed by atoms with Crippen molar-refractivity contribution in [3.63, 3.8) is 0 Å². The lowest BCUT2D eigenvalue weighted by molar-refractivity contribution is 0.0942. The number of halogens is 1. The van der Waals surface area contributed by atoms with E-state index in [2.05, 4.69) is 5.32 Å². The molecule has 0 fully saturated rings. The summed E-state index contributed by atoms with van der Waals surface area (Å²) in [6.07, 6.45) is 1.47. The number of hydrogen-bond acceptors (Lipinski definition) is 4. The molecule has 6 nitrogen and oxygen atoms in total. The largest absolute Gasteiger partial charge is 0.350 e. The standard InChI is InChI=1S/C20H27N3O3S.ClH/c1-4-20(21,5-2)15-22-19(24)16-10-9-13-18(14-16)27(25,26)23(3)17-11-7-6-8-12-17;/h6-14H,4-5,15,21H2,1-3H3,(H,22,24);1H. The van der Waals surface area contributed by atoms with Crippen LogP contribution < -0.4 is 15.4 Å². The van der Waals surface area contributed by atoms with Gasteiger partial charge in [-0.2, -0.15) is 0 Å². The summed E-state index contributed by atoms with van der Waals surface area (Å²) < 4.78 is 27.0. The van der Waals surface area contributed by atoms with Gasteiger partial charge in [0.1, 0.15) is 0 Å². The highest BCUT2D eigenvalue weighted by Gasteiger charge is 2.24. The van der Waals surface area contributed by atoms with E-state index >= 15 is 0 Å². The number of para-hydroxylation sites is 1. The van der Waals surface area contributed by atoms with Gasteiger partial charge in [-0.3, -0.25) is 9.10 Å². The highest BCUT2D eigenvalue weighted by molar-refractivity contribution is 7.92. The first-order valence-corrected chi connectivity index (χ1v) is 10.4. The fourth-order valence-electron chi connectivity index (χ4n) is 2.59. The fourth-order valence-corrected chi connectivity index (χ4v) is 3.83. The summed E-state index contributed by atoms with van der Waals surface area (Å²) >= 11 is 0. The molecule has 28 heavy (non-hydrogen) atoms. The first-order chi connectivity index (χ1) is 12.7. The van der Waals surface area contributed by atoms with Crippen molar-refractivity contribution in [1.82, 2.24) is 5.32 Å². The van der Waals surface area contributed by atoms with Crippen molar-refractivity contribution >= 4 is 34.0 Å². The normalized spacial score (nSPS) is 11.4. The number of hydrogen-bond donors (Lipinski definition) is 2. The van der Waals surface area contributed by atoms with Crippen LogP contribution in [0.3, 0.4) is 0 Å². The average molecular weight is 426 g/mol. The second-order valence-electron chi connectivity index (χ2n) is 6.59. The number of rotatable bonds is 8. The molecule has 0 saturated heterocycles. The van der Waals surface area contributed by atoms with Crippen LogP contribution in [0.5, 0.6) is 0 Å². The summed E-state index contributed by atoms with van der Waals surface area (Å²) in [5.41, 5.74) is 6.58. The van der Waals surface area contributed by atoms with Crippen LogP contribution in [0.4, 0.5) is 5.69 Å². The third kappa shape index (κ3) is 5.47. The molecule has 2 rings (SSSR count). The van der Waals surface area contributed by atoms with E-state index in [-0.39, 0.29) is 28.8 Å². The number of amides is 1. The van der Waals surface area contributed by atoms with Crippen LogP contribution in [0.25, 0.3) is 0 Å². The molecule has 0 heterocycles. The Labute approximate surface area is 173 Å². The molecule has 0 aromatic heterocycles. The van der Waals surface area contributed by atoms with Gasteiger partial charge in [0.15, 0.2) is 0 Å². The van der Waals surface area contributed by atoms with Crippen molar-refractivity contribution in [2.45, 2.75) is 37.1 Å². The van der Waals surface area contributed by atoms with Gasteiger partial charge in [-0.05, 0) is 43.2 Å². The average Bonchev–Trinajstić information content (AvgIpc) is 2.71. The summed E-state index contributed by atoms with van der Waals surface area (Å²) in [6, 6.07) is 14.8. The summed E-state index contributed by atoms with van der Waals surface area (Å²) in [6.45, 7) is 4.28. The Morgan fingerprint density at radius 1 is 1.07 bits per heavy atom. The Bertz CT molecular complexity index is 885. The zero-order valence-corrected chi connectivity index (χ0v) is 18.0. The van der Waals surface area contributed by atoms with Crippen LogP contribution in [0.1, 0.15) is 37.0 Å². The SMILES string of the molecule is CCC(N)(CC)CNC(=O)c1cccc(S(=O)(=O)N(C)c2ccccc2)c1.Cl. The van der Waals surface area contributed by atoms with Crippen molar-refractivity contribution in [1.29, 1.82) is 0 Å². The lowest BCUT2D eigenvalue weighted by Crippen LogP contribution is -2.49. The smallest absolute Gasteiger partial charge is 0.264 e. The quantitative estimate of drug-likeness (QED) is 0.679.